The largest absolute Gasteiger partial charge is 0.252 e. The Hall–Kier alpha value is -2.67. The van der Waals surface area contributed by atoms with Gasteiger partial charge in [0.15, 0.2) is 0 Å². The number of nitrogens with zero attached hydrogens (tertiary/aromatic N) is 3. The van der Waals surface area contributed by atoms with Crippen molar-refractivity contribution in [3.05, 3.63) is 65.3 Å². The Kier molecular flexibility index (Phi) is 4.38. The van der Waals surface area contributed by atoms with Crippen LogP contribution in [0.4, 0.5) is 13.9 Å². The van der Waals surface area contributed by atoms with Crippen LogP contribution in [0.5, 0.6) is 0 Å². The highest BCUT2D eigenvalue weighted by atomic mass is 32.1. The molecule has 1 aromatic carbocycles. The molecule has 4 nitrogen and oxygen atoms in total. The zero-order chi connectivity index (χ0) is 16.2. The van der Waals surface area contributed by atoms with E-state index < -0.39 is 5.95 Å². The standard InChI is InChI=1S/C16H12F2N4S/c1-10(12-6-7-19-15(18)8-12)21-22-16-20-14(9-23-16)11-2-4-13(17)5-3-11/h2-9H,1H3,(H,20,22)/b21-10+. The molecule has 0 saturated carbocycles. The van der Waals surface area contributed by atoms with Gasteiger partial charge in [0.05, 0.1) is 11.4 Å². The molecule has 1 N–H and O–H groups in total. The lowest BCUT2D eigenvalue weighted by Crippen LogP contribution is -2.00. The fraction of sp³-hybridized carbons (Fsp3) is 0.0625. The second kappa shape index (κ2) is 6.62. The molecule has 0 amide bonds. The molecule has 0 aliphatic carbocycles. The molecule has 0 aliphatic heterocycles. The highest BCUT2D eigenvalue weighted by Crippen LogP contribution is 2.25. The minimum Gasteiger partial charge on any atom is -0.252 e. The molecule has 0 atom stereocenters. The zero-order valence-corrected chi connectivity index (χ0v) is 12.9. The van der Waals surface area contributed by atoms with E-state index in [0.717, 1.165) is 11.3 Å². The summed E-state index contributed by atoms with van der Waals surface area (Å²) in [6.45, 7) is 1.76. The van der Waals surface area contributed by atoms with E-state index >= 15 is 0 Å². The first-order valence-electron chi connectivity index (χ1n) is 6.75. The second-order valence-corrected chi connectivity index (χ2v) is 5.58. The molecule has 0 unspecified atom stereocenters. The van der Waals surface area contributed by atoms with E-state index in [0.29, 0.717) is 16.4 Å². The molecule has 0 fully saturated rings. The monoisotopic (exact) mass is 330 g/mol. The van der Waals surface area contributed by atoms with Gasteiger partial charge in [0.25, 0.3) is 0 Å². The minimum absolute atomic E-state index is 0.285. The van der Waals surface area contributed by atoms with E-state index in [2.05, 4.69) is 20.5 Å². The van der Waals surface area contributed by atoms with Gasteiger partial charge in [0.1, 0.15) is 5.82 Å². The third-order valence-corrected chi connectivity index (χ3v) is 3.85. The number of aromatic nitrogens is 2. The molecule has 0 radical (unpaired) electrons. The van der Waals surface area contributed by atoms with E-state index in [1.807, 2.05) is 5.38 Å². The molecule has 0 aliphatic rings. The predicted molar refractivity (Wildman–Crippen MR) is 87.5 cm³/mol. The van der Waals surface area contributed by atoms with Gasteiger partial charge in [-0.05, 0) is 37.3 Å². The van der Waals surface area contributed by atoms with Gasteiger partial charge >= 0.3 is 0 Å². The van der Waals surface area contributed by atoms with Crippen LogP contribution < -0.4 is 5.43 Å². The third kappa shape index (κ3) is 3.75. The summed E-state index contributed by atoms with van der Waals surface area (Å²) in [5, 5.41) is 6.64. The van der Waals surface area contributed by atoms with Gasteiger partial charge in [0, 0.05) is 28.8 Å². The Bertz CT molecular complexity index is 843. The molecule has 2 heterocycles. The molecule has 3 rings (SSSR count). The van der Waals surface area contributed by atoms with Crippen LogP contribution in [0, 0.1) is 11.8 Å². The molecule has 0 saturated heterocycles. The average Bonchev–Trinajstić information content (AvgIpc) is 3.02. The van der Waals surface area contributed by atoms with E-state index in [1.54, 1.807) is 25.1 Å². The van der Waals surface area contributed by atoms with Crippen molar-refractivity contribution in [2.24, 2.45) is 5.10 Å². The van der Waals surface area contributed by atoms with Gasteiger partial charge in [-0.25, -0.2) is 14.4 Å². The number of hydrogen-bond donors (Lipinski definition) is 1. The lowest BCUT2D eigenvalue weighted by molar-refractivity contribution is 0.583. The summed E-state index contributed by atoms with van der Waals surface area (Å²) in [7, 11) is 0. The quantitative estimate of drug-likeness (QED) is 0.440. The number of benzene rings is 1. The number of hydrazone groups is 1. The number of thiazole rings is 1. The first-order chi connectivity index (χ1) is 11.1. The summed E-state index contributed by atoms with van der Waals surface area (Å²) in [6.07, 6.45) is 1.39. The van der Waals surface area contributed by atoms with Crippen LogP contribution >= 0.6 is 11.3 Å². The topological polar surface area (TPSA) is 50.2 Å². The molecule has 23 heavy (non-hydrogen) atoms. The smallest absolute Gasteiger partial charge is 0.213 e. The fourth-order valence-electron chi connectivity index (χ4n) is 1.90. The third-order valence-electron chi connectivity index (χ3n) is 3.11. The first kappa shape index (κ1) is 15.2. The Balaban J connectivity index is 1.74. The highest BCUT2D eigenvalue weighted by molar-refractivity contribution is 7.14. The molecule has 0 bridgehead atoms. The Labute approximate surface area is 135 Å². The van der Waals surface area contributed by atoms with Crippen LogP contribution in [0.3, 0.4) is 0 Å². The summed E-state index contributed by atoms with van der Waals surface area (Å²) in [6, 6.07) is 9.11. The molecular weight excluding hydrogens is 318 g/mol. The van der Waals surface area contributed by atoms with Gasteiger partial charge in [-0.3, -0.25) is 5.43 Å². The number of pyridine rings is 1. The maximum atomic E-state index is 13.1. The summed E-state index contributed by atoms with van der Waals surface area (Å²) < 4.78 is 26.0. The number of hydrogen-bond acceptors (Lipinski definition) is 5. The number of nitrogens with one attached hydrogen (secondary N) is 1. The number of anilines is 1. The normalized spacial score (nSPS) is 11.5. The van der Waals surface area contributed by atoms with Crippen molar-refractivity contribution < 1.29 is 8.78 Å². The zero-order valence-electron chi connectivity index (χ0n) is 12.1. The Morgan fingerprint density at radius 2 is 1.96 bits per heavy atom. The van der Waals surface area contributed by atoms with E-state index in [-0.39, 0.29) is 5.82 Å². The summed E-state index contributed by atoms with van der Waals surface area (Å²) in [4.78, 5) is 7.89. The van der Waals surface area contributed by atoms with Crippen molar-refractivity contribution >= 4 is 22.2 Å². The maximum Gasteiger partial charge on any atom is 0.213 e. The molecule has 2 aromatic heterocycles. The SMILES string of the molecule is C/C(=N\Nc1nc(-c2ccc(F)cc2)cs1)c1ccnc(F)c1. The molecule has 0 spiro atoms. The lowest BCUT2D eigenvalue weighted by Gasteiger charge is -2.01. The van der Waals surface area contributed by atoms with E-state index in [9.17, 15) is 8.78 Å². The van der Waals surface area contributed by atoms with Crippen molar-refractivity contribution in [1.29, 1.82) is 0 Å². The minimum atomic E-state index is -0.551. The maximum absolute atomic E-state index is 13.1. The summed E-state index contributed by atoms with van der Waals surface area (Å²) in [5.74, 6) is -0.836. The summed E-state index contributed by atoms with van der Waals surface area (Å²) in [5.41, 5.74) is 5.66. The van der Waals surface area contributed by atoms with Crippen LogP contribution in [0.2, 0.25) is 0 Å². The number of halogens is 2. The second-order valence-electron chi connectivity index (χ2n) is 4.72. The van der Waals surface area contributed by atoms with Gasteiger partial charge in [-0.1, -0.05) is 0 Å². The highest BCUT2D eigenvalue weighted by Gasteiger charge is 2.05. The van der Waals surface area contributed by atoms with Crippen molar-refractivity contribution in [3.8, 4) is 11.3 Å². The predicted octanol–water partition coefficient (Wildman–Crippen LogP) is 4.32. The van der Waals surface area contributed by atoms with Gasteiger partial charge < -0.3 is 0 Å². The van der Waals surface area contributed by atoms with Gasteiger partial charge in [0.2, 0.25) is 11.1 Å². The van der Waals surface area contributed by atoms with Crippen molar-refractivity contribution in [1.82, 2.24) is 9.97 Å². The van der Waals surface area contributed by atoms with Crippen molar-refractivity contribution in [2.75, 3.05) is 5.43 Å². The molecule has 3 aromatic rings. The number of rotatable bonds is 4. The summed E-state index contributed by atoms with van der Waals surface area (Å²) >= 11 is 1.38. The Morgan fingerprint density at radius 3 is 2.70 bits per heavy atom. The van der Waals surface area contributed by atoms with Crippen LogP contribution in [0.15, 0.2) is 53.1 Å². The van der Waals surface area contributed by atoms with Crippen LogP contribution in [0.25, 0.3) is 11.3 Å². The van der Waals surface area contributed by atoms with Crippen molar-refractivity contribution in [2.45, 2.75) is 6.92 Å². The van der Waals surface area contributed by atoms with Crippen LogP contribution in [0.1, 0.15) is 12.5 Å². The van der Waals surface area contributed by atoms with Crippen molar-refractivity contribution in [3.63, 3.8) is 0 Å². The van der Waals surface area contributed by atoms with E-state index in [4.69, 9.17) is 0 Å². The molecular formula is C16H12F2N4S. The fourth-order valence-corrected chi connectivity index (χ4v) is 2.56. The van der Waals surface area contributed by atoms with Crippen LogP contribution in [-0.4, -0.2) is 15.7 Å². The van der Waals surface area contributed by atoms with E-state index in [1.165, 1.54) is 35.7 Å². The van der Waals surface area contributed by atoms with Gasteiger partial charge in [-0.15, -0.1) is 11.3 Å². The Morgan fingerprint density at radius 1 is 1.17 bits per heavy atom. The lowest BCUT2D eigenvalue weighted by atomic mass is 10.2. The van der Waals surface area contributed by atoms with Crippen LogP contribution in [-0.2, 0) is 0 Å². The first-order valence-corrected chi connectivity index (χ1v) is 7.63. The molecule has 7 heteroatoms. The van der Waals surface area contributed by atoms with Gasteiger partial charge in [-0.2, -0.15) is 9.49 Å². The molecule has 116 valence electrons. The average molecular weight is 330 g/mol.